The van der Waals surface area contributed by atoms with Gasteiger partial charge in [-0.2, -0.15) is 4.98 Å². The molecule has 2 atom stereocenters. The molecule has 0 bridgehead atoms. The maximum absolute atomic E-state index is 13.6. The normalized spacial score (nSPS) is 24.7. The molecular weight excluding hydrogens is 241 g/mol. The number of hydrogen-bond acceptors (Lipinski definition) is 3. The number of anilines is 1. The average molecular weight is 258 g/mol. The molecule has 2 rings (SSSR count). The van der Waals surface area contributed by atoms with Gasteiger partial charge in [0, 0.05) is 13.1 Å². The number of aromatic nitrogens is 2. The van der Waals surface area contributed by atoms with Crippen molar-refractivity contribution in [2.75, 3.05) is 11.9 Å². The second-order valence-corrected chi connectivity index (χ2v) is 5.19. The molecule has 0 aliphatic heterocycles. The minimum atomic E-state index is -0.407. The fourth-order valence-corrected chi connectivity index (χ4v) is 2.64. The van der Waals surface area contributed by atoms with E-state index in [0.717, 1.165) is 19.0 Å². The molecule has 0 N–H and O–H groups in total. The van der Waals surface area contributed by atoms with Gasteiger partial charge in [0.25, 0.3) is 0 Å². The third-order valence-electron chi connectivity index (χ3n) is 3.49. The van der Waals surface area contributed by atoms with Crippen LogP contribution in [0.25, 0.3) is 0 Å². The Morgan fingerprint density at radius 1 is 1.47 bits per heavy atom. The van der Waals surface area contributed by atoms with E-state index in [0.29, 0.717) is 17.8 Å². The van der Waals surface area contributed by atoms with Crippen LogP contribution in [0.1, 0.15) is 32.6 Å². The summed E-state index contributed by atoms with van der Waals surface area (Å²) in [5.74, 6) is 0.593. The first-order valence-corrected chi connectivity index (χ1v) is 6.36. The van der Waals surface area contributed by atoms with Crippen LogP contribution >= 0.6 is 11.6 Å². The van der Waals surface area contributed by atoms with E-state index in [2.05, 4.69) is 16.9 Å². The van der Waals surface area contributed by atoms with E-state index >= 15 is 0 Å². The molecule has 0 aromatic carbocycles. The van der Waals surface area contributed by atoms with E-state index in [4.69, 9.17) is 11.6 Å². The van der Waals surface area contributed by atoms with Gasteiger partial charge in [-0.1, -0.05) is 19.8 Å². The summed E-state index contributed by atoms with van der Waals surface area (Å²) in [4.78, 5) is 9.51. The van der Waals surface area contributed by atoms with Crippen LogP contribution in [0.2, 0.25) is 5.28 Å². The molecule has 0 saturated heterocycles. The van der Waals surface area contributed by atoms with E-state index in [1.807, 2.05) is 11.9 Å². The van der Waals surface area contributed by atoms with Gasteiger partial charge in [0.1, 0.15) is 0 Å². The maximum atomic E-state index is 13.6. The topological polar surface area (TPSA) is 29.0 Å². The molecule has 1 aliphatic rings. The zero-order valence-corrected chi connectivity index (χ0v) is 10.9. The van der Waals surface area contributed by atoms with Crippen molar-refractivity contribution in [2.45, 2.75) is 38.6 Å². The summed E-state index contributed by atoms with van der Waals surface area (Å²) in [6.07, 6.45) is 5.75. The second kappa shape index (κ2) is 5.17. The van der Waals surface area contributed by atoms with Crippen LogP contribution in [-0.4, -0.2) is 23.1 Å². The van der Waals surface area contributed by atoms with Crippen molar-refractivity contribution in [3.05, 3.63) is 17.3 Å². The minimum Gasteiger partial charge on any atom is -0.354 e. The van der Waals surface area contributed by atoms with Gasteiger partial charge >= 0.3 is 0 Å². The predicted octanol–water partition coefficient (Wildman–Crippen LogP) is 3.28. The van der Waals surface area contributed by atoms with Gasteiger partial charge in [0.05, 0.1) is 6.20 Å². The lowest BCUT2D eigenvalue weighted by atomic mass is 9.86. The van der Waals surface area contributed by atoms with Gasteiger partial charge in [-0.3, -0.25) is 0 Å². The summed E-state index contributed by atoms with van der Waals surface area (Å²) in [5.41, 5.74) is 0. The van der Waals surface area contributed by atoms with E-state index in [9.17, 15) is 4.39 Å². The van der Waals surface area contributed by atoms with Crippen molar-refractivity contribution < 1.29 is 4.39 Å². The van der Waals surface area contributed by atoms with Gasteiger partial charge in [0.15, 0.2) is 11.6 Å². The number of rotatable bonds is 2. The monoisotopic (exact) mass is 257 g/mol. The standard InChI is InChI=1S/C12H17ClFN3/c1-8-4-3-5-9(6-8)17(2)11-10(14)7-15-12(13)16-11/h7-9H,3-6H2,1-2H3. The quantitative estimate of drug-likeness (QED) is 0.762. The number of halogens is 2. The lowest BCUT2D eigenvalue weighted by Gasteiger charge is -2.34. The van der Waals surface area contributed by atoms with Crippen LogP contribution in [0.3, 0.4) is 0 Å². The largest absolute Gasteiger partial charge is 0.354 e. The van der Waals surface area contributed by atoms with Crippen LogP contribution in [0.4, 0.5) is 10.2 Å². The average Bonchev–Trinajstić information content (AvgIpc) is 2.31. The Morgan fingerprint density at radius 3 is 2.94 bits per heavy atom. The van der Waals surface area contributed by atoms with Crippen molar-refractivity contribution in [1.29, 1.82) is 0 Å². The van der Waals surface area contributed by atoms with Crippen molar-refractivity contribution in [3.63, 3.8) is 0 Å². The molecule has 1 aromatic rings. The highest BCUT2D eigenvalue weighted by atomic mass is 35.5. The summed E-state index contributed by atoms with van der Waals surface area (Å²) in [6, 6.07) is 0.346. The van der Waals surface area contributed by atoms with E-state index in [1.165, 1.54) is 12.8 Å². The molecule has 1 aliphatic carbocycles. The third-order valence-corrected chi connectivity index (χ3v) is 3.67. The molecule has 1 heterocycles. The lowest BCUT2D eigenvalue weighted by Crippen LogP contribution is -2.36. The summed E-state index contributed by atoms with van der Waals surface area (Å²) in [7, 11) is 1.88. The Kier molecular flexibility index (Phi) is 3.82. The SMILES string of the molecule is CC1CCCC(N(C)c2nc(Cl)ncc2F)C1. The molecule has 0 radical (unpaired) electrons. The number of nitrogens with zero attached hydrogens (tertiary/aromatic N) is 3. The fourth-order valence-electron chi connectivity index (χ4n) is 2.51. The van der Waals surface area contributed by atoms with Gasteiger partial charge in [-0.15, -0.1) is 0 Å². The predicted molar refractivity (Wildman–Crippen MR) is 66.8 cm³/mol. The Labute approximate surface area is 106 Å². The molecular formula is C12H17ClFN3. The maximum Gasteiger partial charge on any atom is 0.224 e. The smallest absolute Gasteiger partial charge is 0.224 e. The van der Waals surface area contributed by atoms with Crippen LogP contribution < -0.4 is 4.90 Å². The van der Waals surface area contributed by atoms with Crippen molar-refractivity contribution in [2.24, 2.45) is 5.92 Å². The van der Waals surface area contributed by atoms with Crippen molar-refractivity contribution in [1.82, 2.24) is 9.97 Å². The second-order valence-electron chi connectivity index (χ2n) is 4.85. The molecule has 5 heteroatoms. The van der Waals surface area contributed by atoms with E-state index < -0.39 is 5.82 Å². The van der Waals surface area contributed by atoms with Gasteiger partial charge in [0.2, 0.25) is 5.28 Å². The van der Waals surface area contributed by atoms with Crippen LogP contribution in [-0.2, 0) is 0 Å². The Balaban J connectivity index is 2.18. The van der Waals surface area contributed by atoms with Gasteiger partial charge in [-0.05, 0) is 30.4 Å². The Morgan fingerprint density at radius 2 is 2.24 bits per heavy atom. The van der Waals surface area contributed by atoms with Crippen LogP contribution in [0.15, 0.2) is 6.20 Å². The molecule has 17 heavy (non-hydrogen) atoms. The summed E-state index contributed by atoms with van der Waals surface area (Å²) in [6.45, 7) is 2.24. The molecule has 1 fully saturated rings. The molecule has 1 saturated carbocycles. The van der Waals surface area contributed by atoms with Crippen LogP contribution in [0.5, 0.6) is 0 Å². The first-order valence-electron chi connectivity index (χ1n) is 5.99. The highest BCUT2D eigenvalue weighted by Gasteiger charge is 2.25. The summed E-state index contributed by atoms with van der Waals surface area (Å²) >= 11 is 5.71. The zero-order valence-electron chi connectivity index (χ0n) is 10.2. The lowest BCUT2D eigenvalue weighted by molar-refractivity contribution is 0.334. The minimum absolute atomic E-state index is 0.0945. The molecule has 1 aromatic heterocycles. The molecule has 3 nitrogen and oxygen atoms in total. The first-order chi connectivity index (χ1) is 8.08. The molecule has 0 amide bonds. The van der Waals surface area contributed by atoms with Crippen molar-refractivity contribution in [3.8, 4) is 0 Å². The zero-order chi connectivity index (χ0) is 12.4. The fraction of sp³-hybridized carbons (Fsp3) is 0.667. The van der Waals surface area contributed by atoms with Gasteiger partial charge in [-0.25, -0.2) is 9.37 Å². The number of hydrogen-bond donors (Lipinski definition) is 0. The van der Waals surface area contributed by atoms with E-state index in [1.54, 1.807) is 0 Å². The molecule has 2 unspecified atom stereocenters. The Bertz CT molecular complexity index is 399. The first kappa shape index (κ1) is 12.6. The Hall–Kier alpha value is -0.900. The van der Waals surface area contributed by atoms with E-state index in [-0.39, 0.29) is 5.28 Å². The summed E-state index contributed by atoms with van der Waals surface area (Å²) in [5, 5.41) is 0.0945. The van der Waals surface area contributed by atoms with Crippen LogP contribution in [0, 0.1) is 11.7 Å². The van der Waals surface area contributed by atoms with Gasteiger partial charge < -0.3 is 4.90 Å². The molecule has 94 valence electrons. The highest BCUT2D eigenvalue weighted by Crippen LogP contribution is 2.29. The van der Waals surface area contributed by atoms with Crippen molar-refractivity contribution >= 4 is 17.4 Å². The molecule has 0 spiro atoms. The third kappa shape index (κ3) is 2.86. The summed E-state index contributed by atoms with van der Waals surface area (Å²) < 4.78 is 13.6. The highest BCUT2D eigenvalue weighted by molar-refractivity contribution is 6.28.